The smallest absolute Gasteiger partial charge is 0.333 e. The summed E-state index contributed by atoms with van der Waals surface area (Å²) in [5.41, 5.74) is 2.07. The molecule has 0 aliphatic heterocycles. The van der Waals surface area contributed by atoms with Gasteiger partial charge in [0.1, 0.15) is 4.64 Å². The lowest BCUT2D eigenvalue weighted by atomic mass is 10.1. The Kier molecular flexibility index (Phi) is 7.53. The van der Waals surface area contributed by atoms with Crippen LogP contribution in [0.3, 0.4) is 0 Å². The average Bonchev–Trinajstić information content (AvgIpc) is 2.62. The van der Waals surface area contributed by atoms with Gasteiger partial charge < -0.3 is 9.30 Å². The van der Waals surface area contributed by atoms with Crippen LogP contribution in [-0.4, -0.2) is 22.1 Å². The van der Waals surface area contributed by atoms with Crippen molar-refractivity contribution < 1.29 is 9.53 Å². The SMILES string of the molecule is C=C(C)C(=O)OCCCCCCn1cc(-c2ccccc2)c(=S)[nH]c1=O. The number of hydrogen-bond acceptors (Lipinski definition) is 4. The van der Waals surface area contributed by atoms with Crippen molar-refractivity contribution in [2.24, 2.45) is 0 Å². The number of rotatable bonds is 9. The summed E-state index contributed by atoms with van der Waals surface area (Å²) in [6, 6.07) is 9.78. The van der Waals surface area contributed by atoms with Gasteiger partial charge in [-0.2, -0.15) is 0 Å². The van der Waals surface area contributed by atoms with Crippen molar-refractivity contribution in [3.63, 3.8) is 0 Å². The molecule has 0 atom stereocenters. The fourth-order valence-electron chi connectivity index (χ4n) is 2.52. The van der Waals surface area contributed by atoms with Gasteiger partial charge in [0, 0.05) is 23.9 Å². The Balaban J connectivity index is 1.85. The molecule has 26 heavy (non-hydrogen) atoms. The first-order valence-corrected chi connectivity index (χ1v) is 9.11. The maximum atomic E-state index is 12.1. The second-order valence-corrected chi connectivity index (χ2v) is 6.60. The molecule has 0 bridgehead atoms. The van der Waals surface area contributed by atoms with Crippen molar-refractivity contribution in [1.29, 1.82) is 0 Å². The molecular weight excluding hydrogens is 348 g/mol. The number of carbonyl (C=O) groups excluding carboxylic acids is 1. The molecule has 0 aliphatic carbocycles. The van der Waals surface area contributed by atoms with Crippen LogP contribution in [0.5, 0.6) is 0 Å². The summed E-state index contributed by atoms with van der Waals surface area (Å²) >= 11 is 5.29. The van der Waals surface area contributed by atoms with E-state index in [1.54, 1.807) is 11.5 Å². The van der Waals surface area contributed by atoms with Crippen molar-refractivity contribution in [2.45, 2.75) is 39.2 Å². The van der Waals surface area contributed by atoms with Gasteiger partial charge in [-0.05, 0) is 31.7 Å². The molecule has 0 unspecified atom stereocenters. The molecule has 2 aromatic rings. The molecule has 0 saturated heterocycles. The first-order chi connectivity index (χ1) is 12.5. The van der Waals surface area contributed by atoms with E-state index < -0.39 is 0 Å². The van der Waals surface area contributed by atoms with E-state index in [2.05, 4.69) is 11.6 Å². The number of aromatic nitrogens is 2. The largest absolute Gasteiger partial charge is 0.462 e. The fraction of sp³-hybridized carbons (Fsp3) is 0.350. The van der Waals surface area contributed by atoms with E-state index in [0.717, 1.165) is 36.8 Å². The summed E-state index contributed by atoms with van der Waals surface area (Å²) in [6.07, 6.45) is 5.39. The van der Waals surface area contributed by atoms with Crippen molar-refractivity contribution in [2.75, 3.05) is 6.61 Å². The minimum atomic E-state index is -0.343. The molecule has 0 aliphatic rings. The Morgan fingerprint density at radius 1 is 1.19 bits per heavy atom. The lowest BCUT2D eigenvalue weighted by molar-refractivity contribution is -0.139. The Hall–Kier alpha value is -2.47. The van der Waals surface area contributed by atoms with Crippen molar-refractivity contribution in [3.05, 3.63) is 63.8 Å². The van der Waals surface area contributed by atoms with E-state index in [9.17, 15) is 9.59 Å². The molecule has 0 amide bonds. The highest BCUT2D eigenvalue weighted by Crippen LogP contribution is 2.18. The Morgan fingerprint density at radius 2 is 1.88 bits per heavy atom. The zero-order valence-corrected chi connectivity index (χ0v) is 15.8. The third-order valence-electron chi connectivity index (χ3n) is 3.97. The van der Waals surface area contributed by atoms with Gasteiger partial charge in [-0.25, -0.2) is 9.59 Å². The molecule has 0 radical (unpaired) electrons. The maximum Gasteiger partial charge on any atom is 0.333 e. The van der Waals surface area contributed by atoms with Crippen LogP contribution >= 0.6 is 12.2 Å². The number of aryl methyl sites for hydroxylation is 1. The highest BCUT2D eigenvalue weighted by atomic mass is 32.1. The van der Waals surface area contributed by atoms with Crippen molar-refractivity contribution >= 4 is 18.2 Å². The van der Waals surface area contributed by atoms with Crippen LogP contribution in [0.2, 0.25) is 0 Å². The Bertz CT molecular complexity index is 869. The molecule has 0 fully saturated rings. The van der Waals surface area contributed by atoms with E-state index in [0.29, 0.717) is 23.4 Å². The van der Waals surface area contributed by atoms with Crippen molar-refractivity contribution in [1.82, 2.24) is 9.55 Å². The first-order valence-electron chi connectivity index (χ1n) is 8.71. The number of esters is 1. The number of hydrogen-bond donors (Lipinski definition) is 1. The second kappa shape index (κ2) is 9.87. The van der Waals surface area contributed by atoms with Gasteiger partial charge in [0.15, 0.2) is 0 Å². The zero-order chi connectivity index (χ0) is 18.9. The van der Waals surface area contributed by atoms with Gasteiger partial charge in [-0.15, -0.1) is 0 Å². The van der Waals surface area contributed by atoms with E-state index in [1.807, 2.05) is 36.5 Å². The minimum absolute atomic E-state index is 0.190. The quantitative estimate of drug-likeness (QED) is 0.309. The summed E-state index contributed by atoms with van der Waals surface area (Å²) in [5.74, 6) is -0.343. The molecule has 5 nitrogen and oxygen atoms in total. The molecule has 0 spiro atoms. The number of nitrogens with one attached hydrogen (secondary N) is 1. The monoisotopic (exact) mass is 372 g/mol. The van der Waals surface area contributed by atoms with Crippen molar-refractivity contribution in [3.8, 4) is 11.1 Å². The van der Waals surface area contributed by atoms with Gasteiger partial charge in [-0.3, -0.25) is 4.98 Å². The standard InChI is InChI=1S/C20H24N2O3S/c1-15(2)19(23)25-13-9-4-3-8-12-22-14-17(18(26)21-20(22)24)16-10-6-5-7-11-16/h5-7,10-11,14H,1,3-4,8-9,12-13H2,2H3,(H,21,24,26). The average molecular weight is 372 g/mol. The van der Waals surface area contributed by atoms with E-state index in [4.69, 9.17) is 17.0 Å². The third-order valence-corrected chi connectivity index (χ3v) is 4.29. The third kappa shape index (κ3) is 5.81. The number of unbranched alkanes of at least 4 members (excludes halogenated alkanes) is 3. The van der Waals surface area contributed by atoms with Crippen LogP contribution in [0, 0.1) is 4.64 Å². The highest BCUT2D eigenvalue weighted by Gasteiger charge is 2.05. The van der Waals surface area contributed by atoms with Gasteiger partial charge >= 0.3 is 11.7 Å². The van der Waals surface area contributed by atoms with Crippen LogP contribution in [-0.2, 0) is 16.1 Å². The summed E-state index contributed by atoms with van der Waals surface area (Å²) in [4.78, 5) is 26.1. The van der Waals surface area contributed by atoms with Crippen LogP contribution in [0.1, 0.15) is 32.6 Å². The molecule has 2 rings (SSSR count). The molecule has 1 heterocycles. The van der Waals surface area contributed by atoms with Gasteiger partial charge in [0.05, 0.1) is 6.61 Å². The minimum Gasteiger partial charge on any atom is -0.462 e. The molecule has 0 saturated carbocycles. The van der Waals surface area contributed by atoms with E-state index in [-0.39, 0.29) is 11.7 Å². The van der Waals surface area contributed by atoms with Crippen LogP contribution in [0.15, 0.2) is 53.5 Å². The van der Waals surface area contributed by atoms with E-state index >= 15 is 0 Å². The van der Waals surface area contributed by atoms with E-state index in [1.165, 1.54) is 0 Å². The van der Waals surface area contributed by atoms with Crippen LogP contribution < -0.4 is 5.69 Å². The molecule has 1 N–H and O–H groups in total. The Labute approximate surface area is 158 Å². The number of ether oxygens (including phenoxy) is 1. The topological polar surface area (TPSA) is 64.1 Å². The first kappa shape index (κ1) is 19.8. The van der Waals surface area contributed by atoms with Crippen LogP contribution in [0.4, 0.5) is 0 Å². The molecule has 1 aromatic carbocycles. The number of aromatic amines is 1. The number of benzene rings is 1. The summed E-state index contributed by atoms with van der Waals surface area (Å²) in [5, 5.41) is 0. The second-order valence-electron chi connectivity index (χ2n) is 6.19. The molecule has 1 aromatic heterocycles. The lowest BCUT2D eigenvalue weighted by Crippen LogP contribution is -2.23. The summed E-state index contributed by atoms with van der Waals surface area (Å²) < 4.78 is 7.18. The summed E-state index contributed by atoms with van der Waals surface area (Å²) in [6.45, 7) is 6.20. The predicted molar refractivity (Wildman–Crippen MR) is 106 cm³/mol. The number of H-pyrrole nitrogens is 1. The lowest BCUT2D eigenvalue weighted by Gasteiger charge is -2.09. The summed E-state index contributed by atoms with van der Waals surface area (Å²) in [7, 11) is 0. The van der Waals surface area contributed by atoms with Gasteiger partial charge in [0.25, 0.3) is 0 Å². The predicted octanol–water partition coefficient (Wildman–Crippen LogP) is 4.25. The van der Waals surface area contributed by atoms with Gasteiger partial charge in [-0.1, -0.05) is 55.5 Å². The highest BCUT2D eigenvalue weighted by molar-refractivity contribution is 7.71. The molecule has 6 heteroatoms. The van der Waals surface area contributed by atoms with Crippen LogP contribution in [0.25, 0.3) is 11.1 Å². The molecular formula is C20H24N2O3S. The molecule has 138 valence electrons. The Morgan fingerprint density at radius 3 is 2.58 bits per heavy atom. The number of carbonyl (C=O) groups is 1. The fourth-order valence-corrected chi connectivity index (χ4v) is 2.78. The maximum absolute atomic E-state index is 12.1. The normalized spacial score (nSPS) is 10.5. The van der Waals surface area contributed by atoms with Gasteiger partial charge in [0.2, 0.25) is 0 Å². The number of nitrogens with zero attached hydrogens (tertiary/aromatic N) is 1. The zero-order valence-electron chi connectivity index (χ0n) is 15.0.